The third kappa shape index (κ3) is 24.7. The molecule has 0 aliphatic carbocycles. The first kappa shape index (κ1) is 14.6. The van der Waals surface area contributed by atoms with Crippen molar-refractivity contribution in [2.45, 2.75) is 12.8 Å². The third-order valence-corrected chi connectivity index (χ3v) is 0.827. The molecule has 11 heavy (non-hydrogen) atoms. The van der Waals surface area contributed by atoms with Gasteiger partial charge in [-0.1, -0.05) is 0 Å². The van der Waals surface area contributed by atoms with Gasteiger partial charge < -0.3 is 19.4 Å². The van der Waals surface area contributed by atoms with Crippen LogP contribution in [0.5, 0.6) is 0 Å². The SMILES string of the molecule is C1CCOC1.O=P([O-])(O)O.[Na+]. The minimum absolute atomic E-state index is 0. The van der Waals surface area contributed by atoms with Crippen molar-refractivity contribution in [1.29, 1.82) is 0 Å². The predicted molar refractivity (Wildman–Crippen MR) is 32.1 cm³/mol. The fourth-order valence-corrected chi connectivity index (χ4v) is 0.510. The van der Waals surface area contributed by atoms with E-state index in [9.17, 15) is 0 Å². The molecule has 62 valence electrons. The van der Waals surface area contributed by atoms with Gasteiger partial charge in [-0.05, 0) is 12.8 Å². The second-order valence-electron chi connectivity index (χ2n) is 1.81. The van der Waals surface area contributed by atoms with Gasteiger partial charge in [-0.25, -0.2) is 0 Å². The van der Waals surface area contributed by atoms with Crippen LogP contribution in [0.25, 0.3) is 0 Å². The maximum Gasteiger partial charge on any atom is 1.00 e. The quantitative estimate of drug-likeness (QED) is 0.304. The molecule has 0 radical (unpaired) electrons. The van der Waals surface area contributed by atoms with E-state index in [1.54, 1.807) is 0 Å². The Balaban J connectivity index is 0. The van der Waals surface area contributed by atoms with Crippen molar-refractivity contribution in [3.63, 3.8) is 0 Å². The zero-order valence-corrected chi connectivity index (χ0v) is 9.29. The average molecular weight is 192 g/mol. The molecular weight excluding hydrogens is 182 g/mol. The molecule has 0 aromatic heterocycles. The Hall–Kier alpha value is 1.07. The summed E-state index contributed by atoms with van der Waals surface area (Å²) < 4.78 is 13.7. The van der Waals surface area contributed by atoms with Crippen molar-refractivity contribution in [2.24, 2.45) is 0 Å². The monoisotopic (exact) mass is 192 g/mol. The Morgan fingerprint density at radius 1 is 1.27 bits per heavy atom. The molecule has 1 aliphatic heterocycles. The second-order valence-corrected chi connectivity index (χ2v) is 2.79. The van der Waals surface area contributed by atoms with Gasteiger partial charge in [-0.3, -0.25) is 4.57 Å². The standard InChI is InChI=1S/C4H8O.Na.H3O4P/c1-2-4-5-3-1;;1-5(2,3)4/h1-4H2;;(H3,1,2,3,4)/q;+1;/p-1. The maximum atomic E-state index is 8.77. The van der Waals surface area contributed by atoms with Crippen LogP contribution in [-0.4, -0.2) is 23.0 Å². The van der Waals surface area contributed by atoms with Crippen molar-refractivity contribution in [3.8, 4) is 0 Å². The van der Waals surface area contributed by atoms with Gasteiger partial charge in [-0.15, -0.1) is 0 Å². The first-order valence-electron chi connectivity index (χ1n) is 2.84. The Bertz CT molecular complexity index is 104. The van der Waals surface area contributed by atoms with Crippen LogP contribution in [0.3, 0.4) is 0 Å². The summed E-state index contributed by atoms with van der Waals surface area (Å²) in [5, 5.41) is 0. The Kier molecular flexibility index (Phi) is 10.2. The molecule has 0 bridgehead atoms. The predicted octanol–water partition coefficient (Wildman–Crippen LogP) is -3.76. The van der Waals surface area contributed by atoms with Crippen molar-refractivity contribution >= 4 is 7.82 Å². The second kappa shape index (κ2) is 7.71. The van der Waals surface area contributed by atoms with Crippen LogP contribution in [-0.2, 0) is 9.30 Å². The van der Waals surface area contributed by atoms with E-state index in [4.69, 9.17) is 24.0 Å². The molecule has 1 heterocycles. The molecule has 0 spiro atoms. The average Bonchev–Trinajstić information content (AvgIpc) is 2.07. The topological polar surface area (TPSA) is 89.8 Å². The van der Waals surface area contributed by atoms with E-state index in [0.717, 1.165) is 13.2 Å². The minimum atomic E-state index is -4.89. The number of hydrogen-bond donors (Lipinski definition) is 2. The summed E-state index contributed by atoms with van der Waals surface area (Å²) >= 11 is 0. The zero-order valence-electron chi connectivity index (χ0n) is 6.39. The van der Waals surface area contributed by atoms with Crippen LogP contribution >= 0.6 is 7.82 Å². The summed E-state index contributed by atoms with van der Waals surface area (Å²) in [6.07, 6.45) is 2.56. The van der Waals surface area contributed by atoms with E-state index < -0.39 is 7.82 Å². The van der Waals surface area contributed by atoms with Gasteiger partial charge in [0, 0.05) is 13.2 Å². The summed E-state index contributed by atoms with van der Waals surface area (Å²) in [5.74, 6) is 0. The van der Waals surface area contributed by atoms with Gasteiger partial charge >= 0.3 is 29.6 Å². The van der Waals surface area contributed by atoms with Crippen LogP contribution in [0, 0.1) is 0 Å². The van der Waals surface area contributed by atoms with Gasteiger partial charge in [0.1, 0.15) is 0 Å². The molecule has 0 aromatic carbocycles. The summed E-state index contributed by atoms with van der Waals surface area (Å²) in [6, 6.07) is 0. The number of ether oxygens (including phenoxy) is 1. The molecule has 0 saturated carbocycles. The van der Waals surface area contributed by atoms with Crippen molar-refractivity contribution < 1.29 is 53.5 Å². The molecule has 2 N–H and O–H groups in total. The molecule has 1 rings (SSSR count). The van der Waals surface area contributed by atoms with Crippen LogP contribution in [0.2, 0.25) is 0 Å². The number of hydrogen-bond acceptors (Lipinski definition) is 3. The summed E-state index contributed by atoms with van der Waals surface area (Å²) in [7, 11) is -4.89. The molecule has 0 aromatic rings. The van der Waals surface area contributed by atoms with E-state index in [1.165, 1.54) is 12.8 Å². The van der Waals surface area contributed by atoms with Crippen molar-refractivity contribution in [2.75, 3.05) is 13.2 Å². The Morgan fingerprint density at radius 2 is 1.55 bits per heavy atom. The van der Waals surface area contributed by atoms with E-state index >= 15 is 0 Å². The minimum Gasteiger partial charge on any atom is -0.756 e. The Morgan fingerprint density at radius 3 is 1.64 bits per heavy atom. The molecular formula is C4H10NaO5P. The van der Waals surface area contributed by atoms with Gasteiger partial charge in [0.25, 0.3) is 7.82 Å². The maximum absolute atomic E-state index is 8.77. The zero-order chi connectivity index (χ0) is 8.04. The Labute approximate surface area is 87.3 Å². The van der Waals surface area contributed by atoms with E-state index in [-0.39, 0.29) is 29.6 Å². The van der Waals surface area contributed by atoms with E-state index in [0.29, 0.717) is 0 Å². The van der Waals surface area contributed by atoms with Gasteiger partial charge in [0.2, 0.25) is 0 Å². The fourth-order valence-electron chi connectivity index (χ4n) is 0.510. The van der Waals surface area contributed by atoms with Crippen LogP contribution in [0.1, 0.15) is 12.8 Å². The third-order valence-electron chi connectivity index (χ3n) is 0.827. The summed E-state index contributed by atoms with van der Waals surface area (Å²) in [4.78, 5) is 22.9. The van der Waals surface area contributed by atoms with Crippen molar-refractivity contribution in [3.05, 3.63) is 0 Å². The molecule has 1 aliphatic rings. The van der Waals surface area contributed by atoms with E-state index in [1.807, 2.05) is 0 Å². The first-order chi connectivity index (χ1) is 4.50. The van der Waals surface area contributed by atoms with Crippen LogP contribution < -0.4 is 34.5 Å². The smallest absolute Gasteiger partial charge is 0.756 e. The molecule has 0 atom stereocenters. The molecule has 0 unspecified atom stereocenters. The van der Waals surface area contributed by atoms with Crippen LogP contribution in [0.15, 0.2) is 0 Å². The molecule has 1 fully saturated rings. The largest absolute Gasteiger partial charge is 1.00 e. The molecule has 5 nitrogen and oxygen atoms in total. The summed E-state index contributed by atoms with van der Waals surface area (Å²) in [6.45, 7) is 2.00. The van der Waals surface area contributed by atoms with Gasteiger partial charge in [-0.2, -0.15) is 0 Å². The fraction of sp³-hybridized carbons (Fsp3) is 1.00. The van der Waals surface area contributed by atoms with Crippen LogP contribution in [0.4, 0.5) is 0 Å². The first-order valence-corrected chi connectivity index (χ1v) is 4.37. The number of phosphoric acid groups is 1. The van der Waals surface area contributed by atoms with Crippen molar-refractivity contribution in [1.82, 2.24) is 0 Å². The number of rotatable bonds is 0. The molecule has 7 heteroatoms. The van der Waals surface area contributed by atoms with Gasteiger partial charge in [0.15, 0.2) is 0 Å². The molecule has 1 saturated heterocycles. The molecule has 0 amide bonds. The van der Waals surface area contributed by atoms with E-state index in [2.05, 4.69) is 0 Å². The van der Waals surface area contributed by atoms with Gasteiger partial charge in [0.05, 0.1) is 0 Å². The summed E-state index contributed by atoms with van der Waals surface area (Å²) in [5.41, 5.74) is 0. The normalized spacial score (nSPS) is 16.3.